The molecule has 1 saturated carbocycles. The van der Waals surface area contributed by atoms with E-state index in [0.29, 0.717) is 0 Å². The Hall–Kier alpha value is -0.0400. The molecule has 1 rings (SSSR count). The van der Waals surface area contributed by atoms with Gasteiger partial charge in [0.1, 0.15) is 0 Å². The van der Waals surface area contributed by atoms with E-state index >= 15 is 0 Å². The number of hydrogen-bond acceptors (Lipinski definition) is 1. The van der Waals surface area contributed by atoms with Crippen LogP contribution in [0.3, 0.4) is 0 Å². The summed E-state index contributed by atoms with van der Waals surface area (Å²) in [6, 6.07) is 0. The minimum absolute atomic E-state index is 0.914. The van der Waals surface area contributed by atoms with Gasteiger partial charge in [-0.2, -0.15) is 0 Å². The van der Waals surface area contributed by atoms with E-state index in [1.54, 1.807) is 0 Å². The van der Waals surface area contributed by atoms with Crippen LogP contribution in [0, 0.1) is 29.6 Å². The van der Waals surface area contributed by atoms with Crippen LogP contribution in [0.5, 0.6) is 0 Å². The Labute approximate surface area is 89.9 Å². The zero-order valence-electron chi connectivity index (χ0n) is 10.7. The summed E-state index contributed by atoms with van der Waals surface area (Å²) in [5.74, 6) is 4.61. The van der Waals surface area contributed by atoms with Crippen molar-refractivity contribution < 1.29 is 0 Å². The zero-order valence-corrected chi connectivity index (χ0v) is 10.7. The second-order valence-corrected chi connectivity index (χ2v) is 5.69. The van der Waals surface area contributed by atoms with Crippen molar-refractivity contribution in [1.82, 2.24) is 4.90 Å². The lowest BCUT2D eigenvalue weighted by molar-refractivity contribution is 0.260. The first-order valence-electron chi connectivity index (χ1n) is 6.09. The molecule has 0 aromatic carbocycles. The van der Waals surface area contributed by atoms with E-state index in [0.717, 1.165) is 29.6 Å². The van der Waals surface area contributed by atoms with E-state index < -0.39 is 0 Å². The van der Waals surface area contributed by atoms with Gasteiger partial charge >= 0.3 is 0 Å². The molecule has 0 aliphatic heterocycles. The van der Waals surface area contributed by atoms with Gasteiger partial charge in [-0.1, -0.05) is 27.7 Å². The summed E-state index contributed by atoms with van der Waals surface area (Å²) in [5.41, 5.74) is 0. The molecular weight excluding hydrogens is 170 g/mol. The van der Waals surface area contributed by atoms with Gasteiger partial charge < -0.3 is 4.90 Å². The lowest BCUT2D eigenvalue weighted by atomic mass is 9.86. The molecule has 1 heteroatoms. The Balaban J connectivity index is 2.52. The third-order valence-electron chi connectivity index (χ3n) is 4.75. The van der Waals surface area contributed by atoms with Crippen LogP contribution in [-0.4, -0.2) is 25.5 Å². The first-order chi connectivity index (χ1) is 6.45. The molecule has 0 amide bonds. The Kier molecular flexibility index (Phi) is 4.00. The molecule has 5 atom stereocenters. The molecule has 0 N–H and O–H groups in total. The van der Waals surface area contributed by atoms with Crippen LogP contribution in [0.1, 0.15) is 34.1 Å². The summed E-state index contributed by atoms with van der Waals surface area (Å²) in [7, 11) is 4.36. The average molecular weight is 197 g/mol. The number of rotatable bonds is 3. The lowest BCUT2D eigenvalue weighted by Crippen LogP contribution is -2.21. The predicted molar refractivity (Wildman–Crippen MR) is 63.3 cm³/mol. The van der Waals surface area contributed by atoms with Crippen molar-refractivity contribution >= 4 is 0 Å². The van der Waals surface area contributed by atoms with Crippen molar-refractivity contribution in [3.63, 3.8) is 0 Å². The van der Waals surface area contributed by atoms with Crippen LogP contribution in [0.15, 0.2) is 0 Å². The molecule has 0 aromatic rings. The quantitative estimate of drug-likeness (QED) is 0.672. The molecule has 1 aliphatic rings. The maximum absolute atomic E-state index is 2.45. The van der Waals surface area contributed by atoms with Gasteiger partial charge in [-0.3, -0.25) is 0 Å². The summed E-state index contributed by atoms with van der Waals surface area (Å²) in [6.45, 7) is 11.0. The molecule has 3 unspecified atom stereocenters. The minimum atomic E-state index is 0.914. The maximum atomic E-state index is 2.45. The van der Waals surface area contributed by atoms with Gasteiger partial charge in [0.25, 0.3) is 0 Å². The highest BCUT2D eigenvalue weighted by molar-refractivity contribution is 4.89. The van der Waals surface area contributed by atoms with Crippen molar-refractivity contribution in [2.75, 3.05) is 20.6 Å². The van der Waals surface area contributed by atoms with Gasteiger partial charge in [-0.15, -0.1) is 0 Å². The largest absolute Gasteiger partial charge is 0.309 e. The summed E-state index contributed by atoms with van der Waals surface area (Å²) in [4.78, 5) is 2.31. The first kappa shape index (κ1) is 12.0. The van der Waals surface area contributed by atoms with Crippen LogP contribution in [0.25, 0.3) is 0 Å². The second-order valence-electron chi connectivity index (χ2n) is 5.69. The van der Waals surface area contributed by atoms with Crippen LogP contribution < -0.4 is 0 Å². The standard InChI is InChI=1S/C13H27N/c1-9-10(2)12(4)13(11(9)3)7-8-14(5)6/h9-13H,7-8H2,1-6H3/t9-,10?,11-,12?,13?/m1/s1. The minimum Gasteiger partial charge on any atom is -0.309 e. The van der Waals surface area contributed by atoms with Crippen LogP contribution in [0.4, 0.5) is 0 Å². The molecule has 0 spiro atoms. The van der Waals surface area contributed by atoms with E-state index in [4.69, 9.17) is 0 Å². The molecule has 0 saturated heterocycles. The molecule has 1 fully saturated rings. The van der Waals surface area contributed by atoms with Gasteiger partial charge in [0.15, 0.2) is 0 Å². The van der Waals surface area contributed by atoms with Gasteiger partial charge in [-0.05, 0) is 56.7 Å². The molecule has 1 nitrogen and oxygen atoms in total. The molecule has 14 heavy (non-hydrogen) atoms. The normalized spacial score (nSPS) is 43.5. The fourth-order valence-corrected chi connectivity index (χ4v) is 3.15. The molecule has 84 valence electrons. The predicted octanol–water partition coefficient (Wildman–Crippen LogP) is 3.11. The Morgan fingerprint density at radius 2 is 1.21 bits per heavy atom. The zero-order chi connectivity index (χ0) is 10.9. The molecule has 1 aliphatic carbocycles. The Bertz CT molecular complexity index is 162. The van der Waals surface area contributed by atoms with E-state index in [-0.39, 0.29) is 0 Å². The SMILES string of the molecule is CC1C(C)[C@@H](C)[C@@H](C)C1CCN(C)C. The second kappa shape index (κ2) is 4.65. The molecule has 0 aromatic heterocycles. The molecular formula is C13H27N. The highest BCUT2D eigenvalue weighted by Gasteiger charge is 2.40. The molecule has 0 radical (unpaired) electrons. The van der Waals surface area contributed by atoms with Gasteiger partial charge in [0.2, 0.25) is 0 Å². The third-order valence-corrected chi connectivity index (χ3v) is 4.75. The fraction of sp³-hybridized carbons (Fsp3) is 1.00. The van der Waals surface area contributed by atoms with Crippen molar-refractivity contribution in [2.24, 2.45) is 29.6 Å². The van der Waals surface area contributed by atoms with E-state index in [2.05, 4.69) is 46.7 Å². The number of hydrogen-bond donors (Lipinski definition) is 0. The van der Waals surface area contributed by atoms with E-state index in [1.807, 2.05) is 0 Å². The smallest absolute Gasteiger partial charge is 0.00220 e. The topological polar surface area (TPSA) is 3.24 Å². The van der Waals surface area contributed by atoms with E-state index in [1.165, 1.54) is 13.0 Å². The molecule has 0 heterocycles. The fourth-order valence-electron chi connectivity index (χ4n) is 3.15. The van der Waals surface area contributed by atoms with Crippen molar-refractivity contribution in [1.29, 1.82) is 0 Å². The van der Waals surface area contributed by atoms with Crippen molar-refractivity contribution in [3.05, 3.63) is 0 Å². The van der Waals surface area contributed by atoms with E-state index in [9.17, 15) is 0 Å². The lowest BCUT2D eigenvalue weighted by Gasteiger charge is -2.23. The first-order valence-corrected chi connectivity index (χ1v) is 6.09. The maximum Gasteiger partial charge on any atom is -0.00220 e. The van der Waals surface area contributed by atoms with Gasteiger partial charge in [0.05, 0.1) is 0 Å². The average Bonchev–Trinajstić information content (AvgIpc) is 2.29. The van der Waals surface area contributed by atoms with Crippen molar-refractivity contribution in [2.45, 2.75) is 34.1 Å². The van der Waals surface area contributed by atoms with Crippen LogP contribution in [-0.2, 0) is 0 Å². The molecule has 0 bridgehead atoms. The Morgan fingerprint density at radius 3 is 1.57 bits per heavy atom. The Morgan fingerprint density at radius 1 is 0.786 bits per heavy atom. The summed E-state index contributed by atoms with van der Waals surface area (Å²) >= 11 is 0. The van der Waals surface area contributed by atoms with Crippen molar-refractivity contribution in [3.8, 4) is 0 Å². The number of nitrogens with zero attached hydrogens (tertiary/aromatic N) is 1. The monoisotopic (exact) mass is 197 g/mol. The van der Waals surface area contributed by atoms with Gasteiger partial charge in [-0.25, -0.2) is 0 Å². The highest BCUT2D eigenvalue weighted by Crippen LogP contribution is 2.46. The van der Waals surface area contributed by atoms with Gasteiger partial charge in [0, 0.05) is 0 Å². The van der Waals surface area contributed by atoms with Crippen LogP contribution in [0.2, 0.25) is 0 Å². The summed E-state index contributed by atoms with van der Waals surface area (Å²) in [5, 5.41) is 0. The van der Waals surface area contributed by atoms with Crippen LogP contribution >= 0.6 is 0 Å². The summed E-state index contributed by atoms with van der Waals surface area (Å²) in [6.07, 6.45) is 1.38. The summed E-state index contributed by atoms with van der Waals surface area (Å²) < 4.78 is 0. The third kappa shape index (κ3) is 2.31. The highest BCUT2D eigenvalue weighted by atomic mass is 15.0.